The number of hydrogen-bond donors (Lipinski definition) is 0. The van der Waals surface area contributed by atoms with Gasteiger partial charge >= 0.3 is 5.97 Å². The smallest absolute Gasteiger partial charge is 0.310 e. The molecular formula is C12H24N2O4S. The Labute approximate surface area is 115 Å². The molecule has 1 atom stereocenters. The summed E-state index contributed by atoms with van der Waals surface area (Å²) in [4.78, 5) is 11.7. The first kappa shape index (κ1) is 16.4. The van der Waals surface area contributed by atoms with Gasteiger partial charge in [-0.15, -0.1) is 0 Å². The van der Waals surface area contributed by atoms with Crippen LogP contribution in [0.1, 0.15) is 33.6 Å². The van der Waals surface area contributed by atoms with Crippen LogP contribution in [0.25, 0.3) is 0 Å². The number of piperidine rings is 1. The summed E-state index contributed by atoms with van der Waals surface area (Å²) < 4.78 is 32.6. The van der Waals surface area contributed by atoms with Gasteiger partial charge in [0.25, 0.3) is 10.2 Å². The maximum absolute atomic E-state index is 12.4. The van der Waals surface area contributed by atoms with Crippen LogP contribution in [0.3, 0.4) is 0 Å². The zero-order valence-corrected chi connectivity index (χ0v) is 12.8. The molecule has 0 aromatic heterocycles. The van der Waals surface area contributed by atoms with Crippen molar-refractivity contribution in [3.05, 3.63) is 0 Å². The molecule has 0 aliphatic carbocycles. The van der Waals surface area contributed by atoms with E-state index in [4.69, 9.17) is 4.74 Å². The van der Waals surface area contributed by atoms with Crippen molar-refractivity contribution in [1.82, 2.24) is 8.61 Å². The minimum absolute atomic E-state index is 0.234. The van der Waals surface area contributed by atoms with Crippen LogP contribution in [0.15, 0.2) is 0 Å². The lowest BCUT2D eigenvalue weighted by Gasteiger charge is -2.34. The molecule has 0 saturated carbocycles. The third-order valence-electron chi connectivity index (χ3n) is 3.36. The summed E-state index contributed by atoms with van der Waals surface area (Å²) in [6.07, 6.45) is 1.40. The molecule has 7 heteroatoms. The molecule has 0 aromatic carbocycles. The molecule has 0 bridgehead atoms. The number of rotatable bonds is 6. The molecule has 112 valence electrons. The van der Waals surface area contributed by atoms with Gasteiger partial charge < -0.3 is 4.74 Å². The molecule has 0 radical (unpaired) electrons. The molecule has 1 aliphatic heterocycles. The Morgan fingerprint density at radius 1 is 1.32 bits per heavy atom. The second-order valence-corrected chi connectivity index (χ2v) is 6.47. The first-order valence-corrected chi connectivity index (χ1v) is 8.28. The van der Waals surface area contributed by atoms with Gasteiger partial charge in [0.05, 0.1) is 12.5 Å². The average molecular weight is 292 g/mol. The average Bonchev–Trinajstić information content (AvgIpc) is 2.40. The van der Waals surface area contributed by atoms with Gasteiger partial charge in [-0.25, -0.2) is 0 Å². The second-order valence-electron chi connectivity index (χ2n) is 4.54. The fourth-order valence-electron chi connectivity index (χ4n) is 2.32. The summed E-state index contributed by atoms with van der Waals surface area (Å²) in [5, 5.41) is 0. The van der Waals surface area contributed by atoms with Gasteiger partial charge in [-0.2, -0.15) is 17.0 Å². The summed E-state index contributed by atoms with van der Waals surface area (Å²) >= 11 is 0. The first-order chi connectivity index (χ1) is 8.97. The highest BCUT2D eigenvalue weighted by Crippen LogP contribution is 2.22. The molecule has 1 rings (SSSR count). The monoisotopic (exact) mass is 292 g/mol. The van der Waals surface area contributed by atoms with E-state index in [2.05, 4.69) is 0 Å². The number of carbonyl (C=O) groups excluding carboxylic acids is 1. The van der Waals surface area contributed by atoms with Crippen LogP contribution in [0.4, 0.5) is 0 Å². The largest absolute Gasteiger partial charge is 0.466 e. The van der Waals surface area contributed by atoms with Gasteiger partial charge in [0.15, 0.2) is 0 Å². The van der Waals surface area contributed by atoms with Crippen LogP contribution in [0.2, 0.25) is 0 Å². The third-order valence-corrected chi connectivity index (χ3v) is 5.52. The van der Waals surface area contributed by atoms with Crippen molar-refractivity contribution < 1.29 is 17.9 Å². The SMILES string of the molecule is CCOC(=O)[C@H]1CCCN(S(=O)(=O)N(CC)CC)C1. The van der Waals surface area contributed by atoms with Crippen LogP contribution in [0, 0.1) is 5.92 Å². The van der Waals surface area contributed by atoms with E-state index in [0.29, 0.717) is 39.1 Å². The fourth-order valence-corrected chi connectivity index (χ4v) is 4.02. The molecule has 0 unspecified atom stereocenters. The normalized spacial score (nSPS) is 21.6. The van der Waals surface area contributed by atoms with Crippen molar-refractivity contribution in [3.8, 4) is 0 Å². The van der Waals surface area contributed by atoms with Crippen LogP contribution in [-0.2, 0) is 19.7 Å². The van der Waals surface area contributed by atoms with Crippen molar-refractivity contribution in [2.24, 2.45) is 5.92 Å². The maximum Gasteiger partial charge on any atom is 0.310 e. The van der Waals surface area contributed by atoms with E-state index < -0.39 is 10.2 Å². The van der Waals surface area contributed by atoms with Crippen molar-refractivity contribution in [2.45, 2.75) is 33.6 Å². The zero-order chi connectivity index (χ0) is 14.5. The molecule has 1 saturated heterocycles. The summed E-state index contributed by atoms with van der Waals surface area (Å²) in [6.45, 7) is 7.32. The highest BCUT2D eigenvalue weighted by molar-refractivity contribution is 7.86. The Balaban J connectivity index is 2.76. The van der Waals surface area contributed by atoms with Gasteiger partial charge in [0.1, 0.15) is 0 Å². The Bertz CT molecular complexity index is 393. The predicted octanol–water partition coefficient (Wildman–Crippen LogP) is 0.848. The minimum Gasteiger partial charge on any atom is -0.466 e. The number of hydrogen-bond acceptors (Lipinski definition) is 4. The second kappa shape index (κ2) is 7.21. The Hall–Kier alpha value is -0.660. The molecule has 1 fully saturated rings. The van der Waals surface area contributed by atoms with E-state index in [1.807, 2.05) is 13.8 Å². The summed E-state index contributed by atoms with van der Waals surface area (Å²) in [6, 6.07) is 0. The summed E-state index contributed by atoms with van der Waals surface area (Å²) in [5.74, 6) is -0.624. The molecule has 6 nitrogen and oxygen atoms in total. The standard InChI is InChI=1S/C12H24N2O4S/c1-4-13(5-2)19(16,17)14-9-7-8-11(10-14)12(15)18-6-3/h11H,4-10H2,1-3H3/t11-/m0/s1. The molecular weight excluding hydrogens is 268 g/mol. The molecule has 0 spiro atoms. The van der Waals surface area contributed by atoms with E-state index in [9.17, 15) is 13.2 Å². The van der Waals surface area contributed by atoms with Crippen LogP contribution >= 0.6 is 0 Å². The number of nitrogens with zero attached hydrogens (tertiary/aromatic N) is 2. The molecule has 1 heterocycles. The Kier molecular flexibility index (Phi) is 6.22. The predicted molar refractivity (Wildman–Crippen MR) is 72.8 cm³/mol. The number of ether oxygens (including phenoxy) is 1. The molecule has 0 amide bonds. The van der Waals surface area contributed by atoms with Crippen LogP contribution in [-0.4, -0.2) is 55.8 Å². The third kappa shape index (κ3) is 3.90. The first-order valence-electron chi connectivity index (χ1n) is 6.89. The van der Waals surface area contributed by atoms with Gasteiger partial charge in [0, 0.05) is 26.2 Å². The molecule has 1 aliphatic rings. The van der Waals surface area contributed by atoms with Gasteiger partial charge in [-0.05, 0) is 19.8 Å². The highest BCUT2D eigenvalue weighted by Gasteiger charge is 2.35. The lowest BCUT2D eigenvalue weighted by Crippen LogP contribution is -2.49. The maximum atomic E-state index is 12.4. The van der Waals surface area contributed by atoms with E-state index in [1.54, 1.807) is 6.92 Å². The molecule has 0 N–H and O–H groups in total. The van der Waals surface area contributed by atoms with E-state index in [1.165, 1.54) is 8.61 Å². The molecule has 19 heavy (non-hydrogen) atoms. The lowest BCUT2D eigenvalue weighted by atomic mass is 10.0. The van der Waals surface area contributed by atoms with Crippen molar-refractivity contribution in [3.63, 3.8) is 0 Å². The Morgan fingerprint density at radius 2 is 1.95 bits per heavy atom. The minimum atomic E-state index is -3.45. The van der Waals surface area contributed by atoms with Crippen molar-refractivity contribution in [2.75, 3.05) is 32.8 Å². The van der Waals surface area contributed by atoms with Gasteiger partial charge in [-0.1, -0.05) is 13.8 Å². The van der Waals surface area contributed by atoms with E-state index in [-0.39, 0.29) is 18.4 Å². The lowest BCUT2D eigenvalue weighted by molar-refractivity contribution is -0.149. The van der Waals surface area contributed by atoms with Crippen LogP contribution in [0.5, 0.6) is 0 Å². The van der Waals surface area contributed by atoms with Crippen molar-refractivity contribution >= 4 is 16.2 Å². The van der Waals surface area contributed by atoms with Crippen molar-refractivity contribution in [1.29, 1.82) is 0 Å². The topological polar surface area (TPSA) is 66.9 Å². The van der Waals surface area contributed by atoms with Gasteiger partial charge in [0.2, 0.25) is 0 Å². The highest BCUT2D eigenvalue weighted by atomic mass is 32.2. The van der Waals surface area contributed by atoms with E-state index in [0.717, 1.165) is 0 Å². The summed E-state index contributed by atoms with van der Waals surface area (Å²) in [5.41, 5.74) is 0. The number of esters is 1. The van der Waals surface area contributed by atoms with E-state index >= 15 is 0 Å². The number of carbonyl (C=O) groups is 1. The summed E-state index contributed by atoms with van der Waals surface area (Å²) in [7, 11) is -3.45. The Morgan fingerprint density at radius 3 is 2.47 bits per heavy atom. The van der Waals surface area contributed by atoms with Gasteiger partial charge in [-0.3, -0.25) is 4.79 Å². The zero-order valence-electron chi connectivity index (χ0n) is 12.0. The van der Waals surface area contributed by atoms with Crippen LogP contribution < -0.4 is 0 Å². The fraction of sp³-hybridized carbons (Fsp3) is 0.917. The quantitative estimate of drug-likeness (QED) is 0.681. The molecule has 0 aromatic rings.